The van der Waals surface area contributed by atoms with E-state index < -0.39 is 5.97 Å². The maximum atomic E-state index is 10.7. The standard InChI is InChI=1S/C9H6INO2/c1-5-2-6(9(12)13)7(4-11)8(10)3-5/h2-3H,1H3,(H,12,13). The number of carboxylic acids is 1. The molecule has 0 saturated heterocycles. The van der Waals surface area contributed by atoms with Gasteiger partial charge < -0.3 is 5.11 Å². The number of hydrogen-bond acceptors (Lipinski definition) is 2. The third-order valence-corrected chi connectivity index (χ3v) is 2.43. The van der Waals surface area contributed by atoms with Crippen molar-refractivity contribution in [2.24, 2.45) is 0 Å². The highest BCUT2D eigenvalue weighted by atomic mass is 127. The van der Waals surface area contributed by atoms with E-state index in [0.29, 0.717) is 3.57 Å². The van der Waals surface area contributed by atoms with Crippen LogP contribution in [0.4, 0.5) is 0 Å². The minimum absolute atomic E-state index is 0.0758. The number of benzene rings is 1. The van der Waals surface area contributed by atoms with Crippen molar-refractivity contribution >= 4 is 28.6 Å². The lowest BCUT2D eigenvalue weighted by molar-refractivity contribution is 0.0696. The molecule has 0 aliphatic rings. The Morgan fingerprint density at radius 2 is 2.23 bits per heavy atom. The summed E-state index contributed by atoms with van der Waals surface area (Å²) in [4.78, 5) is 10.7. The molecule has 0 spiro atoms. The molecular formula is C9H6INO2. The molecule has 4 heteroatoms. The van der Waals surface area contributed by atoms with Crippen LogP contribution in [-0.4, -0.2) is 11.1 Å². The Balaban J connectivity index is 3.50. The van der Waals surface area contributed by atoms with E-state index in [2.05, 4.69) is 0 Å². The lowest BCUT2D eigenvalue weighted by Crippen LogP contribution is -2.02. The van der Waals surface area contributed by atoms with Gasteiger partial charge in [0.15, 0.2) is 0 Å². The molecule has 0 radical (unpaired) electrons. The third-order valence-electron chi connectivity index (χ3n) is 1.58. The molecule has 0 aromatic heterocycles. The van der Waals surface area contributed by atoms with Gasteiger partial charge in [0.05, 0.1) is 11.1 Å². The molecule has 0 bridgehead atoms. The number of nitriles is 1. The molecule has 0 amide bonds. The smallest absolute Gasteiger partial charge is 0.337 e. The number of hydrogen-bond donors (Lipinski definition) is 1. The zero-order valence-corrected chi connectivity index (χ0v) is 8.99. The Kier molecular flexibility index (Phi) is 2.88. The largest absolute Gasteiger partial charge is 0.478 e. The van der Waals surface area contributed by atoms with Gasteiger partial charge in [-0.05, 0) is 47.2 Å². The van der Waals surface area contributed by atoms with Gasteiger partial charge >= 0.3 is 5.97 Å². The normalized spacial score (nSPS) is 9.31. The van der Waals surface area contributed by atoms with E-state index in [1.807, 2.05) is 28.7 Å². The first-order chi connectivity index (χ1) is 6.06. The fourth-order valence-electron chi connectivity index (χ4n) is 1.02. The molecule has 0 aliphatic carbocycles. The molecule has 0 atom stereocenters. The van der Waals surface area contributed by atoms with Crippen LogP contribution in [0.25, 0.3) is 0 Å². The summed E-state index contributed by atoms with van der Waals surface area (Å²) in [5, 5.41) is 17.5. The maximum absolute atomic E-state index is 10.7. The van der Waals surface area contributed by atoms with Crippen molar-refractivity contribution in [1.29, 1.82) is 5.26 Å². The van der Waals surface area contributed by atoms with Crippen LogP contribution in [0, 0.1) is 21.8 Å². The second-order valence-corrected chi connectivity index (χ2v) is 3.75. The molecule has 0 fully saturated rings. The van der Waals surface area contributed by atoms with Crippen LogP contribution < -0.4 is 0 Å². The average molecular weight is 287 g/mol. The van der Waals surface area contributed by atoms with Crippen LogP contribution in [-0.2, 0) is 0 Å². The van der Waals surface area contributed by atoms with E-state index in [1.165, 1.54) is 6.07 Å². The number of nitrogens with zero attached hydrogens (tertiary/aromatic N) is 1. The van der Waals surface area contributed by atoms with Gasteiger partial charge in [-0.1, -0.05) is 0 Å². The molecule has 66 valence electrons. The summed E-state index contributed by atoms with van der Waals surface area (Å²) in [6.07, 6.45) is 0. The lowest BCUT2D eigenvalue weighted by atomic mass is 10.1. The van der Waals surface area contributed by atoms with Crippen molar-refractivity contribution in [3.63, 3.8) is 0 Å². The van der Waals surface area contributed by atoms with Crippen molar-refractivity contribution in [2.75, 3.05) is 0 Å². The molecule has 1 aromatic carbocycles. The van der Waals surface area contributed by atoms with Gasteiger partial charge in [0.1, 0.15) is 6.07 Å². The van der Waals surface area contributed by atoms with E-state index in [-0.39, 0.29) is 11.1 Å². The average Bonchev–Trinajstić information content (AvgIpc) is 2.02. The topological polar surface area (TPSA) is 61.1 Å². The minimum Gasteiger partial charge on any atom is -0.478 e. The van der Waals surface area contributed by atoms with Crippen molar-refractivity contribution < 1.29 is 9.90 Å². The Morgan fingerprint density at radius 3 is 2.69 bits per heavy atom. The predicted molar refractivity (Wildman–Crippen MR) is 55.6 cm³/mol. The van der Waals surface area contributed by atoms with E-state index in [4.69, 9.17) is 10.4 Å². The fourth-order valence-corrected chi connectivity index (χ4v) is 1.93. The van der Waals surface area contributed by atoms with E-state index in [9.17, 15) is 4.79 Å². The van der Waals surface area contributed by atoms with E-state index in [1.54, 1.807) is 13.0 Å². The van der Waals surface area contributed by atoms with E-state index in [0.717, 1.165) is 5.56 Å². The molecule has 0 saturated carbocycles. The highest BCUT2D eigenvalue weighted by molar-refractivity contribution is 14.1. The number of carbonyl (C=O) groups is 1. The second-order valence-electron chi connectivity index (χ2n) is 2.59. The molecule has 0 unspecified atom stereocenters. The molecule has 0 aliphatic heterocycles. The van der Waals surface area contributed by atoms with Gasteiger partial charge in [0, 0.05) is 3.57 Å². The van der Waals surface area contributed by atoms with Crippen LogP contribution >= 0.6 is 22.6 Å². The number of halogens is 1. The molecule has 1 aromatic rings. The Bertz CT molecular complexity index is 407. The zero-order valence-electron chi connectivity index (χ0n) is 6.84. The predicted octanol–water partition coefficient (Wildman–Crippen LogP) is 2.17. The highest BCUT2D eigenvalue weighted by Crippen LogP contribution is 2.18. The summed E-state index contributed by atoms with van der Waals surface area (Å²) in [6.45, 7) is 1.80. The number of aryl methyl sites for hydroxylation is 1. The van der Waals surface area contributed by atoms with Crippen LogP contribution in [0.5, 0.6) is 0 Å². The fraction of sp³-hybridized carbons (Fsp3) is 0.111. The molecule has 1 rings (SSSR count). The Morgan fingerprint density at radius 1 is 1.62 bits per heavy atom. The first-order valence-electron chi connectivity index (χ1n) is 3.50. The van der Waals surface area contributed by atoms with Crippen molar-refractivity contribution in [2.45, 2.75) is 6.92 Å². The minimum atomic E-state index is -1.06. The van der Waals surface area contributed by atoms with Crippen LogP contribution in [0.3, 0.4) is 0 Å². The second kappa shape index (κ2) is 3.75. The first-order valence-corrected chi connectivity index (χ1v) is 4.57. The summed E-state index contributed by atoms with van der Waals surface area (Å²) < 4.78 is 0.678. The van der Waals surface area contributed by atoms with Gasteiger partial charge in [-0.25, -0.2) is 4.79 Å². The van der Waals surface area contributed by atoms with Gasteiger partial charge in [-0.15, -0.1) is 0 Å². The van der Waals surface area contributed by atoms with Crippen LogP contribution in [0.1, 0.15) is 21.5 Å². The summed E-state index contributed by atoms with van der Waals surface area (Å²) in [5.41, 5.74) is 1.16. The maximum Gasteiger partial charge on any atom is 0.337 e. The summed E-state index contributed by atoms with van der Waals surface area (Å²) >= 11 is 1.96. The molecule has 1 N–H and O–H groups in total. The third kappa shape index (κ3) is 1.98. The number of carboxylic acid groups (broad SMARTS) is 1. The van der Waals surface area contributed by atoms with Gasteiger partial charge in [-0.3, -0.25) is 0 Å². The lowest BCUT2D eigenvalue weighted by Gasteiger charge is -2.02. The van der Waals surface area contributed by atoms with Gasteiger partial charge in [0.2, 0.25) is 0 Å². The number of aromatic carboxylic acids is 1. The van der Waals surface area contributed by atoms with Crippen molar-refractivity contribution in [3.8, 4) is 6.07 Å². The van der Waals surface area contributed by atoms with Gasteiger partial charge in [0.25, 0.3) is 0 Å². The molecule has 13 heavy (non-hydrogen) atoms. The van der Waals surface area contributed by atoms with Crippen LogP contribution in [0.15, 0.2) is 12.1 Å². The monoisotopic (exact) mass is 287 g/mol. The summed E-state index contributed by atoms with van der Waals surface area (Å²) in [7, 11) is 0. The van der Waals surface area contributed by atoms with Crippen molar-refractivity contribution in [3.05, 3.63) is 32.4 Å². The Hall–Kier alpha value is -1.09. The first kappa shape index (κ1) is 9.99. The van der Waals surface area contributed by atoms with E-state index >= 15 is 0 Å². The summed E-state index contributed by atoms with van der Waals surface area (Å²) in [6, 6.07) is 5.17. The number of rotatable bonds is 1. The zero-order chi connectivity index (χ0) is 10.0. The summed E-state index contributed by atoms with van der Waals surface area (Å²) in [5.74, 6) is -1.06. The van der Waals surface area contributed by atoms with Crippen molar-refractivity contribution in [1.82, 2.24) is 0 Å². The molecular weight excluding hydrogens is 281 g/mol. The SMILES string of the molecule is Cc1cc(I)c(C#N)c(C(=O)O)c1. The molecule has 0 heterocycles. The van der Waals surface area contributed by atoms with Crippen LogP contribution in [0.2, 0.25) is 0 Å². The highest BCUT2D eigenvalue weighted by Gasteiger charge is 2.13. The quantitative estimate of drug-likeness (QED) is 0.805. The van der Waals surface area contributed by atoms with Gasteiger partial charge in [-0.2, -0.15) is 5.26 Å². The molecule has 3 nitrogen and oxygen atoms in total. The Labute approximate surface area is 89.1 Å².